The van der Waals surface area contributed by atoms with E-state index in [-0.39, 0.29) is 0 Å². The molecule has 0 radical (unpaired) electrons. The summed E-state index contributed by atoms with van der Waals surface area (Å²) in [6.07, 6.45) is 0. The van der Waals surface area contributed by atoms with Gasteiger partial charge in [0, 0.05) is 25.8 Å². The fourth-order valence-corrected chi connectivity index (χ4v) is 8.63. The van der Waals surface area contributed by atoms with E-state index in [2.05, 4.69) is 169 Å². The van der Waals surface area contributed by atoms with Gasteiger partial charge in [0.25, 0.3) is 0 Å². The number of aromatic nitrogens is 3. The van der Waals surface area contributed by atoms with Gasteiger partial charge in [0.05, 0.1) is 13.1 Å². The molecule has 0 aliphatic heterocycles. The molecular weight excluding hydrogens is 713 g/mol. The Morgan fingerprint density at radius 3 is 1.69 bits per heavy atom. The van der Waals surface area contributed by atoms with E-state index in [4.69, 9.17) is 15.0 Å². The number of hydrogen-bond donors (Lipinski definition) is 0. The van der Waals surface area contributed by atoms with Crippen molar-refractivity contribution < 1.29 is 0 Å². The van der Waals surface area contributed by atoms with E-state index >= 15 is 0 Å². The van der Waals surface area contributed by atoms with Crippen molar-refractivity contribution in [3.05, 3.63) is 155 Å². The molecule has 8 aromatic rings. The highest BCUT2D eigenvalue weighted by Gasteiger charge is 2.27. The van der Waals surface area contributed by atoms with Crippen LogP contribution in [-0.2, 0) is 0 Å². The molecule has 0 aliphatic carbocycles. The number of rotatable bonds is 6. The van der Waals surface area contributed by atoms with Crippen LogP contribution in [0.2, 0.25) is 13.1 Å². The van der Waals surface area contributed by atoms with E-state index in [1.807, 2.05) is 18.2 Å². The van der Waals surface area contributed by atoms with Crippen LogP contribution in [0, 0.1) is 3.57 Å². The lowest BCUT2D eigenvalue weighted by molar-refractivity contribution is 1.07. The summed E-state index contributed by atoms with van der Waals surface area (Å²) in [5, 5.41) is 6.34. The highest BCUT2D eigenvalue weighted by atomic mass is 127. The predicted octanol–water partition coefficient (Wildman–Crippen LogP) is 11.1. The highest BCUT2D eigenvalue weighted by molar-refractivity contribution is 14.1. The molecule has 0 spiro atoms. The van der Waals surface area contributed by atoms with Gasteiger partial charge in [-0.1, -0.05) is 146 Å². The number of fused-ring (bicyclic) bond motifs is 2. The Morgan fingerprint density at radius 1 is 0.417 bits per heavy atom. The molecule has 1 heterocycles. The van der Waals surface area contributed by atoms with E-state index in [0.29, 0.717) is 17.5 Å². The van der Waals surface area contributed by atoms with Gasteiger partial charge in [0.15, 0.2) is 17.5 Å². The summed E-state index contributed by atoms with van der Waals surface area (Å²) in [5.74, 6) is 2.00. The van der Waals surface area contributed by atoms with Crippen LogP contribution in [-0.4, -0.2) is 23.7 Å². The van der Waals surface area contributed by atoms with Gasteiger partial charge >= 0.3 is 8.80 Å². The second-order valence-electron chi connectivity index (χ2n) is 12.2. The maximum atomic E-state index is 5.22. The molecule has 0 aliphatic rings. The minimum Gasteiger partial charge on any atom is -0.208 e. The zero-order valence-electron chi connectivity index (χ0n) is 26.7. The smallest absolute Gasteiger partial charge is 0.208 e. The van der Waals surface area contributed by atoms with Crippen LogP contribution in [0.25, 0.3) is 78.0 Å². The first-order valence-electron chi connectivity index (χ1n) is 16.1. The largest absolute Gasteiger partial charge is 0.346 e. The molecule has 48 heavy (non-hydrogen) atoms. The van der Waals surface area contributed by atoms with Crippen LogP contribution in [0.1, 0.15) is 0 Å². The lowest BCUT2D eigenvalue weighted by atomic mass is 9.96. The molecule has 1 aromatic heterocycles. The molecule has 0 N–H and O–H groups in total. The van der Waals surface area contributed by atoms with Crippen molar-refractivity contribution in [2.24, 2.45) is 0 Å². The maximum absolute atomic E-state index is 5.22. The SMILES string of the molecule is C[Si+](C)c1cccc(-c2nc(-c3ccccc3)nc(-c3ccc(-c4cccc5ccccc45)cc3)n2)c1-c1ccc2ccccc2c1I. The van der Waals surface area contributed by atoms with Crippen LogP contribution in [0.5, 0.6) is 0 Å². The number of hydrogen-bond acceptors (Lipinski definition) is 3. The topological polar surface area (TPSA) is 38.7 Å². The zero-order chi connectivity index (χ0) is 32.6. The molecule has 8 rings (SSSR count). The fraction of sp³-hybridized carbons (Fsp3) is 0.0465. The van der Waals surface area contributed by atoms with E-state index in [9.17, 15) is 0 Å². The van der Waals surface area contributed by atoms with Crippen molar-refractivity contribution in [3.63, 3.8) is 0 Å². The molecule has 0 saturated heterocycles. The van der Waals surface area contributed by atoms with Gasteiger partial charge in [-0.25, -0.2) is 15.0 Å². The van der Waals surface area contributed by atoms with Gasteiger partial charge < -0.3 is 0 Å². The fourth-order valence-electron chi connectivity index (χ4n) is 6.49. The summed E-state index contributed by atoms with van der Waals surface area (Å²) in [5.41, 5.74) is 7.75. The van der Waals surface area contributed by atoms with Gasteiger partial charge in [0.1, 0.15) is 5.19 Å². The molecule has 5 heteroatoms. The molecule has 3 nitrogen and oxygen atoms in total. The molecule has 0 bridgehead atoms. The van der Waals surface area contributed by atoms with Crippen LogP contribution >= 0.6 is 22.6 Å². The van der Waals surface area contributed by atoms with Gasteiger partial charge in [-0.3, -0.25) is 0 Å². The standard InChI is InChI=1S/C43H31IN3Si/c1-48(2)38-21-11-20-37(39(38)36-27-26-29-13-7-9-18-35(29)40(36)44)43-46-41(31-14-4-3-5-15-31)45-42(47-43)32-24-22-30(23-25-32)34-19-10-16-28-12-6-8-17-33(28)34/h3-27H,1-2H3/q+1. The van der Waals surface area contributed by atoms with Crippen molar-refractivity contribution in [1.82, 2.24) is 15.0 Å². The Bertz CT molecular complexity index is 2430. The van der Waals surface area contributed by atoms with Crippen molar-refractivity contribution >= 4 is 58.1 Å². The van der Waals surface area contributed by atoms with Gasteiger partial charge in [-0.15, -0.1) is 0 Å². The summed E-state index contributed by atoms with van der Waals surface area (Å²) in [4.78, 5) is 15.4. The third-order valence-electron chi connectivity index (χ3n) is 8.89. The van der Waals surface area contributed by atoms with Crippen LogP contribution in [0.4, 0.5) is 0 Å². The Hall–Kier alpha value is -4.98. The normalized spacial score (nSPS) is 11.2. The molecule has 0 saturated carbocycles. The summed E-state index contributed by atoms with van der Waals surface area (Å²) in [6.45, 7) is 4.71. The Kier molecular flexibility index (Phi) is 8.16. The average Bonchev–Trinajstić information content (AvgIpc) is 3.15. The third kappa shape index (κ3) is 5.63. The highest BCUT2D eigenvalue weighted by Crippen LogP contribution is 2.37. The summed E-state index contributed by atoms with van der Waals surface area (Å²) in [7, 11) is -0.831. The third-order valence-corrected chi connectivity index (χ3v) is 11.5. The van der Waals surface area contributed by atoms with Crippen molar-refractivity contribution in [1.29, 1.82) is 0 Å². The monoisotopic (exact) mass is 744 g/mol. The zero-order valence-corrected chi connectivity index (χ0v) is 29.8. The second kappa shape index (κ2) is 12.9. The lowest BCUT2D eigenvalue weighted by Crippen LogP contribution is -2.25. The van der Waals surface area contributed by atoms with Gasteiger partial charge in [0.2, 0.25) is 0 Å². The van der Waals surface area contributed by atoms with Crippen molar-refractivity contribution in [2.75, 3.05) is 0 Å². The number of benzene rings is 7. The Morgan fingerprint density at radius 2 is 0.958 bits per heavy atom. The Balaban J connectivity index is 1.32. The number of nitrogens with zero attached hydrogens (tertiary/aromatic N) is 3. The average molecular weight is 745 g/mol. The van der Waals surface area contributed by atoms with Crippen molar-refractivity contribution in [2.45, 2.75) is 13.1 Å². The molecule has 228 valence electrons. The predicted molar refractivity (Wildman–Crippen MR) is 212 cm³/mol. The van der Waals surface area contributed by atoms with Gasteiger partial charge in [-0.05, 0) is 66.9 Å². The molecule has 0 atom stereocenters. The van der Waals surface area contributed by atoms with Crippen LogP contribution in [0.15, 0.2) is 152 Å². The van der Waals surface area contributed by atoms with Gasteiger partial charge in [-0.2, -0.15) is 0 Å². The van der Waals surface area contributed by atoms with E-state index < -0.39 is 8.80 Å². The molecule has 7 aromatic carbocycles. The van der Waals surface area contributed by atoms with E-state index in [0.717, 1.165) is 22.3 Å². The summed E-state index contributed by atoms with van der Waals surface area (Å²) < 4.78 is 1.24. The first kappa shape index (κ1) is 30.4. The summed E-state index contributed by atoms with van der Waals surface area (Å²) >= 11 is 2.52. The molecule has 0 fully saturated rings. The number of halogens is 1. The summed E-state index contributed by atoms with van der Waals surface area (Å²) in [6, 6.07) is 53.6. The van der Waals surface area contributed by atoms with E-state index in [1.165, 1.54) is 47.0 Å². The molecule has 0 amide bonds. The first-order valence-corrected chi connectivity index (χ1v) is 19.6. The van der Waals surface area contributed by atoms with Crippen LogP contribution in [0.3, 0.4) is 0 Å². The minimum atomic E-state index is -0.831. The minimum absolute atomic E-state index is 0.659. The van der Waals surface area contributed by atoms with Crippen molar-refractivity contribution in [3.8, 4) is 56.4 Å². The quantitative estimate of drug-likeness (QED) is 0.126. The second-order valence-corrected chi connectivity index (χ2v) is 15.8. The van der Waals surface area contributed by atoms with E-state index in [1.54, 1.807) is 0 Å². The lowest BCUT2D eigenvalue weighted by Gasteiger charge is -2.16. The maximum Gasteiger partial charge on any atom is 0.346 e. The molecule has 0 unspecified atom stereocenters. The molecular formula is C43H31IN3Si+. The Labute approximate surface area is 296 Å². The van der Waals surface area contributed by atoms with Crippen LogP contribution < -0.4 is 5.19 Å². The first-order chi connectivity index (χ1) is 23.5.